The van der Waals surface area contributed by atoms with Crippen LogP contribution in [0, 0.1) is 11.8 Å². The van der Waals surface area contributed by atoms with Crippen molar-refractivity contribution >= 4 is 11.9 Å². The molecule has 0 bridgehead atoms. The molecule has 3 rings (SSSR count). The first-order chi connectivity index (χ1) is 11.6. The highest BCUT2D eigenvalue weighted by Gasteiger charge is 2.40. The van der Waals surface area contributed by atoms with Gasteiger partial charge in [-0.1, -0.05) is 6.92 Å². The van der Waals surface area contributed by atoms with E-state index in [0.29, 0.717) is 19.0 Å². The fourth-order valence-electron chi connectivity index (χ4n) is 4.48. The maximum absolute atomic E-state index is 12.5. The van der Waals surface area contributed by atoms with E-state index >= 15 is 0 Å². The number of likely N-dealkylation sites (tertiary alicyclic amines) is 1. The molecule has 0 radical (unpaired) electrons. The quantitative estimate of drug-likeness (QED) is 0.740. The molecule has 5 heteroatoms. The average molecular weight is 337 g/mol. The fraction of sp³-hybridized carbons (Fsp3) is 0.895. The van der Waals surface area contributed by atoms with Gasteiger partial charge in [0, 0.05) is 32.5 Å². The van der Waals surface area contributed by atoms with Crippen molar-refractivity contribution in [1.29, 1.82) is 0 Å². The van der Waals surface area contributed by atoms with Crippen LogP contribution in [-0.2, 0) is 19.1 Å². The van der Waals surface area contributed by atoms with E-state index in [1.54, 1.807) is 7.11 Å². The van der Waals surface area contributed by atoms with E-state index < -0.39 is 0 Å². The Hall–Kier alpha value is -1.10. The largest absolute Gasteiger partial charge is 0.462 e. The predicted molar refractivity (Wildman–Crippen MR) is 90.4 cm³/mol. The molecule has 0 spiro atoms. The first-order valence-corrected chi connectivity index (χ1v) is 9.59. The number of carbonyl (C=O) groups is 2. The van der Waals surface area contributed by atoms with Crippen LogP contribution in [0.1, 0.15) is 64.7 Å². The second-order valence-electron chi connectivity index (χ2n) is 7.94. The standard InChI is InChI=1S/C19H31NO4/c1-13-6-8-15(9-7-13)20-12-14(10-18(20)21)19(22)24-17-5-3-4-16(11-17)23-2/h13-17H,3-12H2,1-2H3/t13?,14-,15?,16-,17-/m1/s1. The first-order valence-electron chi connectivity index (χ1n) is 9.59. The molecule has 2 aliphatic carbocycles. The van der Waals surface area contributed by atoms with Crippen molar-refractivity contribution in [2.75, 3.05) is 13.7 Å². The highest BCUT2D eigenvalue weighted by Crippen LogP contribution is 2.32. The Morgan fingerprint density at radius 2 is 1.79 bits per heavy atom. The number of hydrogen-bond acceptors (Lipinski definition) is 4. The summed E-state index contributed by atoms with van der Waals surface area (Å²) < 4.78 is 11.1. The molecule has 0 aromatic rings. The van der Waals surface area contributed by atoms with Gasteiger partial charge in [0.2, 0.25) is 5.91 Å². The van der Waals surface area contributed by atoms with E-state index in [4.69, 9.17) is 9.47 Å². The number of hydrogen-bond donors (Lipinski definition) is 0. The highest BCUT2D eigenvalue weighted by atomic mass is 16.5. The van der Waals surface area contributed by atoms with Crippen LogP contribution >= 0.6 is 0 Å². The summed E-state index contributed by atoms with van der Waals surface area (Å²) in [6, 6.07) is 0.332. The summed E-state index contributed by atoms with van der Waals surface area (Å²) in [4.78, 5) is 26.8. The summed E-state index contributed by atoms with van der Waals surface area (Å²) in [5.74, 6) is 0.436. The lowest BCUT2D eigenvalue weighted by Crippen LogP contribution is -2.39. The SMILES string of the molecule is CO[C@@H]1CCC[C@@H](OC(=O)[C@@H]2CC(=O)N(C3CCC(C)CC3)C2)C1. The number of carbonyl (C=O) groups excluding carboxylic acids is 2. The summed E-state index contributed by atoms with van der Waals surface area (Å²) in [5.41, 5.74) is 0. The third-order valence-corrected chi connectivity index (χ3v) is 6.11. The lowest BCUT2D eigenvalue weighted by Gasteiger charge is -2.33. The maximum Gasteiger partial charge on any atom is 0.311 e. The van der Waals surface area contributed by atoms with Crippen LogP contribution in [0.3, 0.4) is 0 Å². The van der Waals surface area contributed by atoms with Gasteiger partial charge in [-0.2, -0.15) is 0 Å². The number of ether oxygens (including phenoxy) is 2. The van der Waals surface area contributed by atoms with Gasteiger partial charge < -0.3 is 14.4 Å². The zero-order valence-corrected chi connectivity index (χ0v) is 15.0. The number of esters is 1. The molecule has 1 amide bonds. The van der Waals surface area contributed by atoms with Crippen molar-refractivity contribution in [2.45, 2.75) is 83.0 Å². The molecule has 1 saturated heterocycles. The molecule has 0 N–H and O–H groups in total. The lowest BCUT2D eigenvalue weighted by atomic mass is 9.87. The van der Waals surface area contributed by atoms with E-state index in [0.717, 1.165) is 44.4 Å². The van der Waals surface area contributed by atoms with Gasteiger partial charge in [0.25, 0.3) is 0 Å². The van der Waals surface area contributed by atoms with E-state index in [9.17, 15) is 9.59 Å². The lowest BCUT2D eigenvalue weighted by molar-refractivity contribution is -0.157. The molecule has 3 aliphatic rings. The molecule has 0 aromatic heterocycles. The summed E-state index contributed by atoms with van der Waals surface area (Å²) >= 11 is 0. The van der Waals surface area contributed by atoms with E-state index in [1.807, 2.05) is 4.90 Å². The van der Waals surface area contributed by atoms with Crippen molar-refractivity contribution in [2.24, 2.45) is 11.8 Å². The van der Waals surface area contributed by atoms with Crippen LogP contribution in [0.4, 0.5) is 0 Å². The Labute approximate surface area is 145 Å². The van der Waals surface area contributed by atoms with E-state index in [1.165, 1.54) is 12.8 Å². The number of methoxy groups -OCH3 is 1. The summed E-state index contributed by atoms with van der Waals surface area (Å²) in [7, 11) is 1.72. The Balaban J connectivity index is 1.50. The number of nitrogens with zero attached hydrogens (tertiary/aromatic N) is 1. The van der Waals surface area contributed by atoms with Crippen LogP contribution in [0.2, 0.25) is 0 Å². The Kier molecular flexibility index (Phi) is 5.80. The van der Waals surface area contributed by atoms with Gasteiger partial charge in [-0.15, -0.1) is 0 Å². The second kappa shape index (κ2) is 7.85. The van der Waals surface area contributed by atoms with Crippen LogP contribution in [0.25, 0.3) is 0 Å². The van der Waals surface area contributed by atoms with Crippen LogP contribution in [0.15, 0.2) is 0 Å². The minimum absolute atomic E-state index is 0.0455. The molecular formula is C19H31NO4. The third-order valence-electron chi connectivity index (χ3n) is 6.11. The van der Waals surface area contributed by atoms with Gasteiger partial charge in [0.1, 0.15) is 6.10 Å². The van der Waals surface area contributed by atoms with Crippen molar-refractivity contribution < 1.29 is 19.1 Å². The minimum Gasteiger partial charge on any atom is -0.462 e. The van der Waals surface area contributed by atoms with Gasteiger partial charge in [-0.3, -0.25) is 9.59 Å². The molecule has 2 saturated carbocycles. The average Bonchev–Trinajstić information content (AvgIpc) is 2.98. The molecule has 0 unspecified atom stereocenters. The molecule has 5 nitrogen and oxygen atoms in total. The first kappa shape index (κ1) is 17.7. The molecule has 0 aromatic carbocycles. The molecule has 136 valence electrons. The molecule has 3 atom stereocenters. The Morgan fingerprint density at radius 1 is 1.08 bits per heavy atom. The highest BCUT2D eigenvalue weighted by molar-refractivity contribution is 5.87. The summed E-state index contributed by atoms with van der Waals surface area (Å²) in [6.45, 7) is 2.83. The van der Waals surface area contributed by atoms with Gasteiger partial charge >= 0.3 is 5.97 Å². The summed E-state index contributed by atoms with van der Waals surface area (Å²) in [5, 5.41) is 0. The second-order valence-corrected chi connectivity index (χ2v) is 7.94. The maximum atomic E-state index is 12.5. The number of rotatable bonds is 4. The summed E-state index contributed by atoms with van der Waals surface area (Å²) in [6.07, 6.45) is 8.77. The fourth-order valence-corrected chi connectivity index (χ4v) is 4.48. The van der Waals surface area contributed by atoms with Gasteiger partial charge in [-0.05, 0) is 50.9 Å². The van der Waals surface area contributed by atoms with Crippen molar-refractivity contribution in [3.05, 3.63) is 0 Å². The zero-order valence-electron chi connectivity index (χ0n) is 15.0. The molecule has 1 heterocycles. The molecular weight excluding hydrogens is 306 g/mol. The molecule has 24 heavy (non-hydrogen) atoms. The smallest absolute Gasteiger partial charge is 0.311 e. The van der Waals surface area contributed by atoms with Gasteiger partial charge in [-0.25, -0.2) is 0 Å². The van der Waals surface area contributed by atoms with Crippen LogP contribution in [-0.4, -0.2) is 48.7 Å². The Bertz CT molecular complexity index is 458. The van der Waals surface area contributed by atoms with Crippen LogP contribution in [0.5, 0.6) is 0 Å². The van der Waals surface area contributed by atoms with Gasteiger partial charge in [0.05, 0.1) is 12.0 Å². The van der Waals surface area contributed by atoms with Crippen molar-refractivity contribution in [3.63, 3.8) is 0 Å². The normalized spacial score (nSPS) is 37.5. The van der Waals surface area contributed by atoms with Crippen LogP contribution < -0.4 is 0 Å². The number of amides is 1. The van der Waals surface area contributed by atoms with Gasteiger partial charge in [0.15, 0.2) is 0 Å². The third kappa shape index (κ3) is 4.11. The predicted octanol–water partition coefficient (Wildman–Crippen LogP) is 2.91. The van der Waals surface area contributed by atoms with E-state index in [-0.39, 0.29) is 30.0 Å². The molecule has 1 aliphatic heterocycles. The minimum atomic E-state index is -0.278. The monoisotopic (exact) mass is 337 g/mol. The Morgan fingerprint density at radius 3 is 2.50 bits per heavy atom. The zero-order chi connectivity index (χ0) is 17.1. The topological polar surface area (TPSA) is 55.8 Å². The molecule has 3 fully saturated rings. The van der Waals surface area contributed by atoms with E-state index in [2.05, 4.69) is 6.92 Å². The van der Waals surface area contributed by atoms with Crippen molar-refractivity contribution in [3.8, 4) is 0 Å². The van der Waals surface area contributed by atoms with Crippen molar-refractivity contribution in [1.82, 2.24) is 4.90 Å².